The van der Waals surface area contributed by atoms with Gasteiger partial charge in [-0.15, -0.1) is 0 Å². The third kappa shape index (κ3) is 3.66. The van der Waals surface area contributed by atoms with Crippen LogP contribution in [0.5, 0.6) is 0 Å². The molecule has 3 amide bonds. The Bertz CT molecular complexity index is 707. The monoisotopic (exact) mass is 487 g/mol. The number of hydrogen-bond donors (Lipinski definition) is 3. The molecule has 3 N–H and O–H groups in total. The standard InChI is InChI=1S/C21H34BrN3O5/c1-6-8-23-17(27)13-14-19(29)25(11(7-2)10-26)16(18(28)24-20(3,4)5)21(14)9-12(22)15(13)30-21/h11-16,26H,6-10H2,1-5H3,(H,23,27)(H,24,28)/t11-,12?,13-,14-,15-,16?,21?/m0/s1. The lowest BCUT2D eigenvalue weighted by Gasteiger charge is -2.38. The zero-order valence-corrected chi connectivity index (χ0v) is 20.0. The summed E-state index contributed by atoms with van der Waals surface area (Å²) in [5, 5.41) is 15.8. The molecule has 3 aliphatic heterocycles. The van der Waals surface area contributed by atoms with E-state index in [9.17, 15) is 19.5 Å². The second-order valence-corrected chi connectivity index (χ2v) is 10.9. The largest absolute Gasteiger partial charge is 0.394 e. The lowest BCUT2D eigenvalue weighted by Crippen LogP contribution is -2.60. The summed E-state index contributed by atoms with van der Waals surface area (Å²) in [6, 6.07) is -1.40. The number of likely N-dealkylation sites (tertiary alicyclic amines) is 1. The number of hydrogen-bond acceptors (Lipinski definition) is 5. The highest BCUT2D eigenvalue weighted by Gasteiger charge is 2.77. The third-order valence-corrected chi connectivity index (χ3v) is 7.25. The van der Waals surface area contributed by atoms with Gasteiger partial charge in [0.1, 0.15) is 11.6 Å². The molecular formula is C21H34BrN3O5. The highest BCUT2D eigenvalue weighted by molar-refractivity contribution is 9.09. The van der Waals surface area contributed by atoms with E-state index in [0.29, 0.717) is 19.4 Å². The Morgan fingerprint density at radius 1 is 1.33 bits per heavy atom. The van der Waals surface area contributed by atoms with Gasteiger partial charge in [0.25, 0.3) is 0 Å². The molecule has 0 radical (unpaired) electrons. The van der Waals surface area contributed by atoms with Gasteiger partial charge in [-0.05, 0) is 40.0 Å². The van der Waals surface area contributed by atoms with Gasteiger partial charge >= 0.3 is 0 Å². The molecule has 3 aliphatic rings. The normalized spacial score (nSPS) is 36.0. The molecule has 9 heteroatoms. The van der Waals surface area contributed by atoms with E-state index < -0.39 is 41.2 Å². The highest BCUT2D eigenvalue weighted by atomic mass is 79.9. The van der Waals surface area contributed by atoms with Crippen molar-refractivity contribution < 1.29 is 24.2 Å². The number of amides is 3. The zero-order valence-electron chi connectivity index (χ0n) is 18.4. The van der Waals surface area contributed by atoms with E-state index in [1.807, 2.05) is 34.6 Å². The number of alkyl halides is 1. The summed E-state index contributed by atoms with van der Waals surface area (Å²) in [6.45, 7) is 9.75. The number of rotatable bonds is 7. The molecule has 3 heterocycles. The molecule has 0 aromatic heterocycles. The van der Waals surface area contributed by atoms with Gasteiger partial charge in [-0.2, -0.15) is 0 Å². The van der Waals surface area contributed by atoms with Crippen molar-refractivity contribution in [2.24, 2.45) is 11.8 Å². The molecule has 2 bridgehead atoms. The number of ether oxygens (including phenoxy) is 1. The summed E-state index contributed by atoms with van der Waals surface area (Å²) in [5.74, 6) is -2.18. The highest BCUT2D eigenvalue weighted by Crippen LogP contribution is 2.60. The number of carbonyl (C=O) groups is 3. The number of halogens is 1. The van der Waals surface area contributed by atoms with Gasteiger partial charge in [0.2, 0.25) is 17.7 Å². The molecule has 1 spiro atoms. The maximum atomic E-state index is 13.7. The molecule has 0 aromatic carbocycles. The smallest absolute Gasteiger partial charge is 0.246 e. The van der Waals surface area contributed by atoms with Crippen LogP contribution in [0.3, 0.4) is 0 Å². The first-order valence-corrected chi connectivity index (χ1v) is 11.8. The van der Waals surface area contributed by atoms with E-state index in [2.05, 4.69) is 26.6 Å². The summed E-state index contributed by atoms with van der Waals surface area (Å²) >= 11 is 3.64. The van der Waals surface area contributed by atoms with Crippen molar-refractivity contribution in [3.8, 4) is 0 Å². The lowest BCUT2D eigenvalue weighted by atomic mass is 9.70. The van der Waals surface area contributed by atoms with Gasteiger partial charge in [0.05, 0.1) is 30.6 Å². The first-order valence-electron chi connectivity index (χ1n) is 10.9. The first kappa shape index (κ1) is 23.5. The Labute approximate surface area is 186 Å². The van der Waals surface area contributed by atoms with Crippen LogP contribution in [-0.4, -0.2) is 75.0 Å². The van der Waals surface area contributed by atoms with Crippen LogP contribution >= 0.6 is 15.9 Å². The predicted molar refractivity (Wildman–Crippen MR) is 115 cm³/mol. The second kappa shape index (κ2) is 8.39. The van der Waals surface area contributed by atoms with Crippen LogP contribution in [0.15, 0.2) is 0 Å². The van der Waals surface area contributed by atoms with Crippen LogP contribution in [0.2, 0.25) is 0 Å². The fourth-order valence-electron chi connectivity index (χ4n) is 5.28. The SMILES string of the molecule is CCCNC(=O)[C@H]1[C@H]2C(=O)N([C@@H](CC)CO)C(C(=O)NC(C)(C)C)C23CC(Br)[C@@H]1O3. The molecule has 0 aromatic rings. The summed E-state index contributed by atoms with van der Waals surface area (Å²) in [6.07, 6.45) is 1.29. The van der Waals surface area contributed by atoms with Gasteiger partial charge in [0, 0.05) is 16.9 Å². The second-order valence-electron chi connectivity index (χ2n) is 9.68. The molecule has 30 heavy (non-hydrogen) atoms. The molecule has 3 saturated heterocycles. The van der Waals surface area contributed by atoms with E-state index in [-0.39, 0.29) is 29.2 Å². The van der Waals surface area contributed by atoms with Crippen molar-refractivity contribution in [1.82, 2.24) is 15.5 Å². The minimum absolute atomic E-state index is 0.127. The fraction of sp³-hybridized carbons (Fsp3) is 0.857. The van der Waals surface area contributed by atoms with Gasteiger partial charge in [-0.3, -0.25) is 14.4 Å². The number of aliphatic hydroxyl groups is 1. The minimum atomic E-state index is -1.08. The summed E-state index contributed by atoms with van der Waals surface area (Å²) < 4.78 is 6.39. The molecular weight excluding hydrogens is 454 g/mol. The Hall–Kier alpha value is -1.19. The predicted octanol–water partition coefficient (Wildman–Crippen LogP) is 0.946. The van der Waals surface area contributed by atoms with Crippen molar-refractivity contribution in [2.45, 2.75) is 88.0 Å². The molecule has 8 nitrogen and oxygen atoms in total. The van der Waals surface area contributed by atoms with E-state index in [1.54, 1.807) is 0 Å². The fourth-order valence-corrected chi connectivity index (χ4v) is 6.22. The summed E-state index contributed by atoms with van der Waals surface area (Å²) in [4.78, 5) is 41.5. The van der Waals surface area contributed by atoms with Crippen LogP contribution in [0.25, 0.3) is 0 Å². The number of carbonyl (C=O) groups excluding carboxylic acids is 3. The average Bonchev–Trinajstić information content (AvgIpc) is 3.23. The molecule has 3 fully saturated rings. The Morgan fingerprint density at radius 2 is 2.00 bits per heavy atom. The molecule has 3 rings (SSSR count). The van der Waals surface area contributed by atoms with Gasteiger partial charge < -0.3 is 25.4 Å². The number of nitrogens with zero attached hydrogens (tertiary/aromatic N) is 1. The minimum Gasteiger partial charge on any atom is -0.394 e. The van der Waals surface area contributed by atoms with Crippen molar-refractivity contribution in [3.63, 3.8) is 0 Å². The van der Waals surface area contributed by atoms with E-state index in [1.165, 1.54) is 4.90 Å². The van der Waals surface area contributed by atoms with E-state index in [4.69, 9.17) is 4.74 Å². The Kier molecular flexibility index (Phi) is 6.56. The van der Waals surface area contributed by atoms with Crippen LogP contribution in [0, 0.1) is 11.8 Å². The quantitative estimate of drug-likeness (QED) is 0.463. The molecule has 170 valence electrons. The van der Waals surface area contributed by atoms with Crippen LogP contribution in [0.4, 0.5) is 0 Å². The van der Waals surface area contributed by atoms with Gasteiger partial charge in [-0.1, -0.05) is 29.8 Å². The van der Waals surface area contributed by atoms with Crippen LogP contribution in [-0.2, 0) is 19.1 Å². The number of fused-ring (bicyclic) bond motifs is 1. The number of aliphatic hydroxyl groups excluding tert-OH is 1. The van der Waals surface area contributed by atoms with Crippen molar-refractivity contribution in [1.29, 1.82) is 0 Å². The van der Waals surface area contributed by atoms with E-state index in [0.717, 1.165) is 6.42 Å². The molecule has 0 aliphatic carbocycles. The maximum absolute atomic E-state index is 13.7. The lowest BCUT2D eigenvalue weighted by molar-refractivity contribution is -0.146. The number of nitrogens with one attached hydrogen (secondary N) is 2. The van der Waals surface area contributed by atoms with Crippen LogP contribution < -0.4 is 10.6 Å². The zero-order chi connectivity index (χ0) is 22.4. The van der Waals surface area contributed by atoms with E-state index >= 15 is 0 Å². The average molecular weight is 488 g/mol. The summed E-state index contributed by atoms with van der Waals surface area (Å²) in [5.41, 5.74) is -1.58. The Balaban J connectivity index is 2.06. The van der Waals surface area contributed by atoms with Gasteiger partial charge in [0.15, 0.2) is 0 Å². The first-order chi connectivity index (χ1) is 14.0. The third-order valence-electron chi connectivity index (χ3n) is 6.40. The topological polar surface area (TPSA) is 108 Å². The van der Waals surface area contributed by atoms with Gasteiger partial charge in [-0.25, -0.2) is 0 Å². The molecule has 0 saturated carbocycles. The van der Waals surface area contributed by atoms with Crippen molar-refractivity contribution in [2.75, 3.05) is 13.2 Å². The summed E-state index contributed by atoms with van der Waals surface area (Å²) in [7, 11) is 0. The van der Waals surface area contributed by atoms with Crippen molar-refractivity contribution in [3.05, 3.63) is 0 Å². The van der Waals surface area contributed by atoms with Crippen molar-refractivity contribution >= 4 is 33.7 Å². The maximum Gasteiger partial charge on any atom is 0.246 e. The molecule has 3 unspecified atom stereocenters. The Morgan fingerprint density at radius 3 is 2.53 bits per heavy atom. The molecule has 7 atom stereocenters. The van der Waals surface area contributed by atoms with Crippen LogP contribution in [0.1, 0.15) is 53.9 Å².